The van der Waals surface area contributed by atoms with Gasteiger partial charge in [0, 0.05) is 18.7 Å². The van der Waals surface area contributed by atoms with Gasteiger partial charge in [0.05, 0.1) is 18.7 Å². The summed E-state index contributed by atoms with van der Waals surface area (Å²) in [7, 11) is 1.56. The van der Waals surface area contributed by atoms with Gasteiger partial charge in [-0.05, 0) is 49.0 Å². The second-order valence-corrected chi connectivity index (χ2v) is 8.15. The van der Waals surface area contributed by atoms with E-state index < -0.39 is 17.7 Å². The molecular weight excluding hydrogens is 436 g/mol. The Balaban J connectivity index is 1.80. The van der Waals surface area contributed by atoms with Crippen LogP contribution in [0.15, 0.2) is 48.0 Å². The van der Waals surface area contributed by atoms with Crippen molar-refractivity contribution in [3.05, 3.63) is 59.2 Å². The maximum atomic E-state index is 13.2. The summed E-state index contributed by atoms with van der Waals surface area (Å²) in [5, 5.41) is 11.3. The van der Waals surface area contributed by atoms with E-state index in [1.165, 1.54) is 0 Å². The Kier molecular flexibility index (Phi) is 7.07. The number of ether oxygens (including phenoxy) is 3. The van der Waals surface area contributed by atoms with Crippen LogP contribution in [0.5, 0.6) is 17.2 Å². The van der Waals surface area contributed by atoms with Crippen LogP contribution in [0.1, 0.15) is 31.0 Å². The van der Waals surface area contributed by atoms with E-state index in [2.05, 4.69) is 18.7 Å². The zero-order chi connectivity index (χ0) is 24.2. The molecule has 1 N–H and O–H groups in total. The minimum absolute atomic E-state index is 0.0504. The molecule has 0 unspecified atom stereocenters. The predicted molar refractivity (Wildman–Crippen MR) is 127 cm³/mol. The smallest absolute Gasteiger partial charge is 0.295 e. The van der Waals surface area contributed by atoms with E-state index in [1.807, 2.05) is 12.1 Å². The van der Waals surface area contributed by atoms with Crippen molar-refractivity contribution in [2.45, 2.75) is 19.9 Å². The summed E-state index contributed by atoms with van der Waals surface area (Å²) in [5.74, 6) is 0.0919. The Bertz CT molecular complexity index is 1110. The number of likely N-dealkylation sites (N-methyl/N-ethyl adjacent to an activating group) is 1. The molecule has 4 rings (SSSR count). The van der Waals surface area contributed by atoms with Crippen LogP contribution in [0.4, 0.5) is 0 Å². The molecule has 2 aromatic rings. The molecule has 8 nitrogen and oxygen atoms in total. The van der Waals surface area contributed by atoms with Crippen molar-refractivity contribution in [2.24, 2.45) is 0 Å². The van der Waals surface area contributed by atoms with Gasteiger partial charge in [-0.1, -0.05) is 26.0 Å². The molecule has 1 fully saturated rings. The molecular formula is C26H30N2O6. The maximum absolute atomic E-state index is 13.2. The van der Waals surface area contributed by atoms with Crippen LogP contribution < -0.4 is 14.2 Å². The van der Waals surface area contributed by atoms with E-state index in [0.29, 0.717) is 54.7 Å². The van der Waals surface area contributed by atoms with Gasteiger partial charge in [-0.25, -0.2) is 0 Å². The maximum Gasteiger partial charge on any atom is 0.295 e. The number of methoxy groups -OCH3 is 1. The van der Waals surface area contributed by atoms with Crippen LogP contribution in [-0.4, -0.2) is 73.1 Å². The van der Waals surface area contributed by atoms with E-state index in [9.17, 15) is 14.7 Å². The van der Waals surface area contributed by atoms with Gasteiger partial charge in [-0.3, -0.25) is 9.59 Å². The quantitative estimate of drug-likeness (QED) is 0.363. The summed E-state index contributed by atoms with van der Waals surface area (Å²) in [5.41, 5.74) is 1.13. The molecule has 0 radical (unpaired) electrons. The fourth-order valence-corrected chi connectivity index (χ4v) is 4.40. The summed E-state index contributed by atoms with van der Waals surface area (Å²) in [6, 6.07) is 11.5. The van der Waals surface area contributed by atoms with Gasteiger partial charge >= 0.3 is 0 Å². The molecule has 8 heteroatoms. The lowest BCUT2D eigenvalue weighted by Crippen LogP contribution is -2.38. The third-order valence-corrected chi connectivity index (χ3v) is 6.32. The fourth-order valence-electron chi connectivity index (χ4n) is 4.40. The minimum Gasteiger partial charge on any atom is -0.507 e. The van der Waals surface area contributed by atoms with Crippen molar-refractivity contribution in [1.82, 2.24) is 9.80 Å². The molecule has 1 saturated heterocycles. The lowest BCUT2D eigenvalue weighted by Gasteiger charge is -2.28. The number of nitrogens with zero attached hydrogens (tertiary/aromatic N) is 2. The Hall–Kier alpha value is -3.52. The first-order valence-corrected chi connectivity index (χ1v) is 11.5. The number of amides is 1. The van der Waals surface area contributed by atoms with Gasteiger partial charge in [-0.15, -0.1) is 0 Å². The predicted octanol–water partition coefficient (Wildman–Crippen LogP) is 3.23. The normalized spacial score (nSPS) is 19.1. The van der Waals surface area contributed by atoms with E-state index in [-0.39, 0.29) is 11.3 Å². The summed E-state index contributed by atoms with van der Waals surface area (Å²) in [6.07, 6.45) is 0. The number of rotatable bonds is 8. The van der Waals surface area contributed by atoms with Crippen LogP contribution in [-0.2, 0) is 9.59 Å². The van der Waals surface area contributed by atoms with Crippen LogP contribution in [0.3, 0.4) is 0 Å². The van der Waals surface area contributed by atoms with Crippen molar-refractivity contribution in [2.75, 3.05) is 46.5 Å². The van der Waals surface area contributed by atoms with Crippen LogP contribution in [0.2, 0.25) is 0 Å². The van der Waals surface area contributed by atoms with Gasteiger partial charge in [0.1, 0.15) is 24.7 Å². The SMILES string of the molecule is CCN(CC)CCN1C(=O)C(=O)C(=C(O)c2ccc3c(c2)OCCO3)[C@H]1c1cccc(OC)c1. The first kappa shape index (κ1) is 23.6. The third kappa shape index (κ3) is 4.46. The number of Topliss-reactive ketones (excluding diaryl/α,β-unsaturated/α-hetero) is 1. The number of aliphatic hydroxyl groups excluding tert-OH is 1. The molecule has 1 amide bonds. The first-order chi connectivity index (χ1) is 16.5. The van der Waals surface area contributed by atoms with E-state index in [1.54, 1.807) is 42.3 Å². The highest BCUT2D eigenvalue weighted by Gasteiger charge is 2.46. The van der Waals surface area contributed by atoms with E-state index >= 15 is 0 Å². The number of fused-ring (bicyclic) bond motifs is 1. The molecule has 2 aliphatic rings. The number of benzene rings is 2. The van der Waals surface area contributed by atoms with Crippen molar-refractivity contribution in [3.8, 4) is 17.2 Å². The van der Waals surface area contributed by atoms with Crippen molar-refractivity contribution in [3.63, 3.8) is 0 Å². The lowest BCUT2D eigenvalue weighted by molar-refractivity contribution is -0.140. The summed E-state index contributed by atoms with van der Waals surface area (Å²) in [4.78, 5) is 30.1. The largest absolute Gasteiger partial charge is 0.507 e. The van der Waals surface area contributed by atoms with Crippen molar-refractivity contribution < 1.29 is 28.9 Å². The highest BCUT2D eigenvalue weighted by molar-refractivity contribution is 6.46. The Labute approximate surface area is 199 Å². The summed E-state index contributed by atoms with van der Waals surface area (Å²) < 4.78 is 16.6. The van der Waals surface area contributed by atoms with Gasteiger partial charge in [0.15, 0.2) is 11.5 Å². The second kappa shape index (κ2) is 10.2. The highest BCUT2D eigenvalue weighted by Crippen LogP contribution is 2.41. The molecule has 0 aromatic heterocycles. The second-order valence-electron chi connectivity index (χ2n) is 8.15. The average molecular weight is 467 g/mol. The number of carbonyl (C=O) groups is 2. The Morgan fingerprint density at radius 3 is 2.53 bits per heavy atom. The standard InChI is InChI=1S/C26H30N2O6/c1-4-27(5-2)11-12-28-23(17-7-6-8-19(15-17)32-3)22(25(30)26(28)31)24(29)18-9-10-20-21(16-18)34-14-13-33-20/h6-10,15-16,23,29H,4-5,11-14H2,1-3H3/t23-/m1/s1. The zero-order valence-corrected chi connectivity index (χ0v) is 19.7. The summed E-state index contributed by atoms with van der Waals surface area (Å²) in [6.45, 7) is 7.60. The van der Waals surface area contributed by atoms with Crippen molar-refractivity contribution >= 4 is 17.4 Å². The van der Waals surface area contributed by atoms with Gasteiger partial charge < -0.3 is 29.1 Å². The van der Waals surface area contributed by atoms with E-state index in [0.717, 1.165) is 13.1 Å². The third-order valence-electron chi connectivity index (χ3n) is 6.32. The first-order valence-electron chi connectivity index (χ1n) is 11.5. The molecule has 34 heavy (non-hydrogen) atoms. The topological polar surface area (TPSA) is 88.5 Å². The number of likely N-dealkylation sites (tertiary alicyclic amines) is 1. The number of hydrogen-bond donors (Lipinski definition) is 1. The molecule has 0 spiro atoms. The molecule has 0 aliphatic carbocycles. The van der Waals surface area contributed by atoms with Crippen LogP contribution in [0, 0.1) is 0 Å². The molecule has 2 aromatic carbocycles. The van der Waals surface area contributed by atoms with Gasteiger partial charge in [0.2, 0.25) is 0 Å². The van der Waals surface area contributed by atoms with Crippen molar-refractivity contribution in [1.29, 1.82) is 0 Å². The minimum atomic E-state index is -0.737. The number of hydrogen-bond acceptors (Lipinski definition) is 7. The number of ketones is 1. The molecule has 180 valence electrons. The Morgan fingerprint density at radius 2 is 1.82 bits per heavy atom. The zero-order valence-electron chi connectivity index (χ0n) is 19.7. The lowest BCUT2D eigenvalue weighted by atomic mass is 9.95. The summed E-state index contributed by atoms with van der Waals surface area (Å²) >= 11 is 0. The van der Waals surface area contributed by atoms with Gasteiger partial charge in [-0.2, -0.15) is 0 Å². The monoisotopic (exact) mass is 466 g/mol. The fraction of sp³-hybridized carbons (Fsp3) is 0.385. The van der Waals surface area contributed by atoms with Crippen LogP contribution >= 0.6 is 0 Å². The number of aliphatic hydroxyl groups is 1. The molecule has 0 saturated carbocycles. The number of carbonyl (C=O) groups excluding carboxylic acids is 2. The average Bonchev–Trinajstić information content (AvgIpc) is 3.13. The highest BCUT2D eigenvalue weighted by atomic mass is 16.6. The molecule has 2 aliphatic heterocycles. The van der Waals surface area contributed by atoms with E-state index in [4.69, 9.17) is 14.2 Å². The van der Waals surface area contributed by atoms with Crippen LogP contribution in [0.25, 0.3) is 5.76 Å². The molecule has 1 atom stereocenters. The molecule has 2 heterocycles. The Morgan fingerprint density at radius 1 is 1.09 bits per heavy atom. The molecule has 0 bridgehead atoms. The van der Waals surface area contributed by atoms with Gasteiger partial charge in [0.25, 0.3) is 11.7 Å².